The molecule has 1 aliphatic carbocycles. The second kappa shape index (κ2) is 9.21. The normalized spacial score (nSPS) is 15.6. The van der Waals surface area contributed by atoms with E-state index in [2.05, 4.69) is 12.2 Å². The predicted molar refractivity (Wildman–Crippen MR) is 133 cm³/mol. The van der Waals surface area contributed by atoms with Crippen molar-refractivity contribution in [3.63, 3.8) is 0 Å². The lowest BCUT2D eigenvalue weighted by Gasteiger charge is -2.17. The maximum Gasteiger partial charge on any atom is 0.267 e. The van der Waals surface area contributed by atoms with Gasteiger partial charge in [-0.05, 0) is 54.3 Å². The van der Waals surface area contributed by atoms with E-state index in [-0.39, 0.29) is 17.2 Å². The molecule has 4 aromatic rings. The zero-order chi connectivity index (χ0) is 22.1. The van der Waals surface area contributed by atoms with E-state index >= 15 is 0 Å². The Morgan fingerprint density at radius 2 is 2.09 bits per heavy atom. The minimum absolute atomic E-state index is 0.0326. The van der Waals surface area contributed by atoms with E-state index in [0.717, 1.165) is 40.0 Å². The van der Waals surface area contributed by atoms with Gasteiger partial charge < -0.3 is 5.32 Å². The summed E-state index contributed by atoms with van der Waals surface area (Å²) in [5, 5.41) is 6.26. The summed E-state index contributed by atoms with van der Waals surface area (Å²) in [5.74, 6) is 0.766. The largest absolute Gasteiger partial charge is 0.350 e. The first kappa shape index (κ1) is 21.4. The van der Waals surface area contributed by atoms with Crippen LogP contribution in [0.25, 0.3) is 15.9 Å². The highest BCUT2D eigenvalue weighted by atomic mass is 32.2. The smallest absolute Gasteiger partial charge is 0.267 e. The van der Waals surface area contributed by atoms with Crippen LogP contribution in [0.3, 0.4) is 0 Å². The first-order valence-corrected chi connectivity index (χ1v) is 13.3. The highest BCUT2D eigenvalue weighted by Crippen LogP contribution is 2.37. The van der Waals surface area contributed by atoms with Gasteiger partial charge in [0.25, 0.3) is 5.56 Å². The fourth-order valence-corrected chi connectivity index (χ4v) is 6.96. The lowest BCUT2D eigenvalue weighted by molar-refractivity contribution is -0.118. The molecule has 5 rings (SSSR count). The molecule has 0 bridgehead atoms. The molecule has 5 nitrogen and oxygen atoms in total. The molecule has 1 unspecified atom stereocenters. The van der Waals surface area contributed by atoms with Crippen LogP contribution >= 0.6 is 34.4 Å². The van der Waals surface area contributed by atoms with Crippen LogP contribution in [0.4, 0.5) is 0 Å². The zero-order valence-electron chi connectivity index (χ0n) is 17.7. The number of carbonyl (C=O) groups is 1. The van der Waals surface area contributed by atoms with Gasteiger partial charge in [0.2, 0.25) is 5.91 Å². The SMILES string of the molecule is CC1CCc2c(sc3nc(SCC(=O)NCc4cccs4)n(-c4ccccc4)c(=O)c23)C1. The van der Waals surface area contributed by atoms with Gasteiger partial charge in [0.1, 0.15) is 4.83 Å². The second-order valence-corrected chi connectivity index (χ2v) is 11.1. The van der Waals surface area contributed by atoms with Crippen molar-refractivity contribution in [3.8, 4) is 5.69 Å². The van der Waals surface area contributed by atoms with Crippen LogP contribution < -0.4 is 10.9 Å². The number of aromatic nitrogens is 2. The van der Waals surface area contributed by atoms with Crippen molar-refractivity contribution in [2.45, 2.75) is 37.9 Å². The van der Waals surface area contributed by atoms with Crippen molar-refractivity contribution in [3.05, 3.63) is 73.5 Å². The highest BCUT2D eigenvalue weighted by Gasteiger charge is 2.25. The Hall–Kier alpha value is -2.42. The molecule has 3 heterocycles. The van der Waals surface area contributed by atoms with Gasteiger partial charge in [0.05, 0.1) is 23.4 Å². The van der Waals surface area contributed by atoms with E-state index in [1.165, 1.54) is 22.2 Å². The molecular formula is C24H23N3O2S3. The Bertz CT molecular complexity index is 1310. The lowest BCUT2D eigenvalue weighted by atomic mass is 9.89. The van der Waals surface area contributed by atoms with Crippen molar-refractivity contribution in [2.75, 3.05) is 5.75 Å². The van der Waals surface area contributed by atoms with Crippen molar-refractivity contribution in [1.29, 1.82) is 0 Å². The summed E-state index contributed by atoms with van der Waals surface area (Å²) in [7, 11) is 0. The van der Waals surface area contributed by atoms with Crippen LogP contribution in [0.1, 0.15) is 28.7 Å². The van der Waals surface area contributed by atoms with E-state index in [1.807, 2.05) is 47.8 Å². The van der Waals surface area contributed by atoms with E-state index in [0.29, 0.717) is 17.6 Å². The Morgan fingerprint density at radius 1 is 1.25 bits per heavy atom. The van der Waals surface area contributed by atoms with Crippen LogP contribution in [-0.2, 0) is 24.2 Å². The maximum absolute atomic E-state index is 13.7. The first-order chi connectivity index (χ1) is 15.6. The summed E-state index contributed by atoms with van der Waals surface area (Å²) in [6.45, 7) is 2.78. The average molecular weight is 482 g/mol. The number of fused-ring (bicyclic) bond motifs is 3. The van der Waals surface area contributed by atoms with Gasteiger partial charge in [-0.15, -0.1) is 22.7 Å². The number of hydrogen-bond donors (Lipinski definition) is 1. The van der Waals surface area contributed by atoms with Gasteiger partial charge >= 0.3 is 0 Å². The van der Waals surface area contributed by atoms with Crippen LogP contribution in [0, 0.1) is 5.92 Å². The molecule has 8 heteroatoms. The quantitative estimate of drug-likeness (QED) is 0.309. The molecule has 164 valence electrons. The number of thioether (sulfide) groups is 1. The fraction of sp³-hybridized carbons (Fsp3) is 0.292. The van der Waals surface area contributed by atoms with Crippen molar-refractivity contribution in [1.82, 2.24) is 14.9 Å². The topological polar surface area (TPSA) is 64.0 Å². The van der Waals surface area contributed by atoms with Crippen LogP contribution in [-0.4, -0.2) is 21.2 Å². The van der Waals surface area contributed by atoms with Crippen LogP contribution in [0.2, 0.25) is 0 Å². The summed E-state index contributed by atoms with van der Waals surface area (Å²) in [4.78, 5) is 34.3. The number of benzene rings is 1. The predicted octanol–water partition coefficient (Wildman–Crippen LogP) is 5.04. The molecule has 1 aromatic carbocycles. The summed E-state index contributed by atoms with van der Waals surface area (Å²) < 4.78 is 1.67. The van der Waals surface area contributed by atoms with Gasteiger partial charge in [-0.25, -0.2) is 4.98 Å². The third-order valence-electron chi connectivity index (χ3n) is 5.69. The number of nitrogens with one attached hydrogen (secondary N) is 1. The van der Waals surface area contributed by atoms with Crippen molar-refractivity contribution in [2.24, 2.45) is 5.92 Å². The molecule has 1 amide bonds. The number of carbonyl (C=O) groups excluding carboxylic acids is 1. The number of thiophene rings is 2. The fourth-order valence-electron chi connectivity index (χ4n) is 4.05. The number of aryl methyl sites for hydroxylation is 1. The standard InChI is InChI=1S/C24H23N3O2S3/c1-15-9-10-18-19(12-15)32-22-21(18)23(29)27(16-6-3-2-4-7-16)24(26-22)31-14-20(28)25-13-17-8-5-11-30-17/h2-8,11,15H,9-10,12-14H2,1H3,(H,25,28). The van der Waals surface area contributed by atoms with Gasteiger partial charge in [-0.3, -0.25) is 14.2 Å². The highest BCUT2D eigenvalue weighted by molar-refractivity contribution is 7.99. The minimum Gasteiger partial charge on any atom is -0.350 e. The van der Waals surface area contributed by atoms with Crippen molar-refractivity contribution >= 4 is 50.6 Å². The molecule has 1 aliphatic rings. The third-order valence-corrected chi connectivity index (χ3v) is 8.65. The first-order valence-electron chi connectivity index (χ1n) is 10.6. The van der Waals surface area contributed by atoms with Crippen molar-refractivity contribution < 1.29 is 4.79 Å². The molecule has 0 radical (unpaired) electrons. The zero-order valence-corrected chi connectivity index (χ0v) is 20.1. The Morgan fingerprint density at radius 3 is 2.88 bits per heavy atom. The van der Waals surface area contributed by atoms with Crippen LogP contribution in [0.15, 0.2) is 57.8 Å². The van der Waals surface area contributed by atoms with Gasteiger partial charge in [0, 0.05) is 9.75 Å². The number of nitrogens with zero attached hydrogens (tertiary/aromatic N) is 2. The number of para-hydroxylation sites is 1. The molecule has 0 spiro atoms. The molecule has 0 saturated heterocycles. The third kappa shape index (κ3) is 4.27. The summed E-state index contributed by atoms with van der Waals surface area (Å²) >= 11 is 4.57. The van der Waals surface area contributed by atoms with Gasteiger partial charge in [0.15, 0.2) is 5.16 Å². The van der Waals surface area contributed by atoms with E-state index in [1.54, 1.807) is 27.2 Å². The van der Waals surface area contributed by atoms with Gasteiger partial charge in [-0.1, -0.05) is 43.0 Å². The monoisotopic (exact) mass is 481 g/mol. The second-order valence-electron chi connectivity index (χ2n) is 8.05. The summed E-state index contributed by atoms with van der Waals surface area (Å²) in [5.41, 5.74) is 1.92. The molecule has 0 aliphatic heterocycles. The molecule has 1 atom stereocenters. The number of rotatable bonds is 6. The molecule has 1 N–H and O–H groups in total. The van der Waals surface area contributed by atoms with Crippen LogP contribution in [0.5, 0.6) is 0 Å². The minimum atomic E-state index is -0.0725. The summed E-state index contributed by atoms with van der Waals surface area (Å²) in [6.07, 6.45) is 3.04. The Labute approximate surface area is 198 Å². The molecule has 0 saturated carbocycles. The van der Waals surface area contributed by atoms with E-state index in [9.17, 15) is 9.59 Å². The average Bonchev–Trinajstić information content (AvgIpc) is 3.44. The summed E-state index contributed by atoms with van der Waals surface area (Å²) in [6, 6.07) is 13.6. The van der Waals surface area contributed by atoms with E-state index < -0.39 is 0 Å². The molecule has 32 heavy (non-hydrogen) atoms. The Kier molecular flexibility index (Phi) is 6.17. The number of hydrogen-bond acceptors (Lipinski definition) is 6. The molecular weight excluding hydrogens is 458 g/mol. The molecule has 0 fully saturated rings. The van der Waals surface area contributed by atoms with Gasteiger partial charge in [-0.2, -0.15) is 0 Å². The Balaban J connectivity index is 1.49. The van der Waals surface area contributed by atoms with E-state index in [4.69, 9.17) is 4.98 Å². The lowest BCUT2D eigenvalue weighted by Crippen LogP contribution is -2.26. The maximum atomic E-state index is 13.7. The number of amides is 1. The molecule has 3 aromatic heterocycles.